The molecule has 0 aliphatic carbocycles. The first-order chi connectivity index (χ1) is 5.27. The Bertz CT molecular complexity index is 362. The third kappa shape index (κ3) is 1.09. The molecule has 2 rings (SSSR count). The predicted octanol–water partition coefficient (Wildman–Crippen LogP) is 1.47. The molecule has 2 heterocycles. The number of hydrogen-bond donors (Lipinski definition) is 0. The van der Waals surface area contributed by atoms with Gasteiger partial charge in [-0.15, -0.1) is 10.2 Å². The van der Waals surface area contributed by atoms with Crippen molar-refractivity contribution in [3.05, 3.63) is 28.0 Å². The SMILES string of the molecule is Fc1cn2cnnc2cc1I. The van der Waals surface area contributed by atoms with Crippen LogP contribution in [0, 0.1) is 9.39 Å². The van der Waals surface area contributed by atoms with Crippen LogP contribution in [-0.2, 0) is 0 Å². The predicted molar refractivity (Wildman–Crippen MR) is 45.7 cm³/mol. The van der Waals surface area contributed by atoms with Crippen LogP contribution in [0.25, 0.3) is 5.65 Å². The minimum absolute atomic E-state index is 0.252. The summed E-state index contributed by atoms with van der Waals surface area (Å²) in [6, 6.07) is 1.64. The number of fused-ring (bicyclic) bond motifs is 1. The van der Waals surface area contributed by atoms with Crippen LogP contribution in [0.5, 0.6) is 0 Å². The standard InChI is InChI=1S/C6H3FIN3/c7-4-2-11-3-9-10-6(11)1-5(4)8/h1-3H. The Hall–Kier alpha value is -0.720. The molecule has 56 valence electrons. The maximum Gasteiger partial charge on any atom is 0.161 e. The van der Waals surface area contributed by atoms with Gasteiger partial charge in [0.1, 0.15) is 6.33 Å². The van der Waals surface area contributed by atoms with Crippen LogP contribution in [0.4, 0.5) is 4.39 Å². The molecule has 2 aromatic rings. The van der Waals surface area contributed by atoms with Crippen molar-refractivity contribution in [3.63, 3.8) is 0 Å². The topological polar surface area (TPSA) is 30.2 Å². The summed E-state index contributed by atoms with van der Waals surface area (Å²) in [5, 5.41) is 7.39. The molecular weight excluding hydrogens is 260 g/mol. The van der Waals surface area contributed by atoms with Crippen LogP contribution in [0.1, 0.15) is 0 Å². The second-order valence-corrected chi connectivity index (χ2v) is 3.23. The minimum atomic E-state index is -0.252. The van der Waals surface area contributed by atoms with E-state index in [2.05, 4.69) is 10.2 Å². The van der Waals surface area contributed by atoms with E-state index in [1.807, 2.05) is 22.6 Å². The number of aromatic nitrogens is 3. The largest absolute Gasteiger partial charge is 0.286 e. The van der Waals surface area contributed by atoms with E-state index in [1.54, 1.807) is 6.07 Å². The van der Waals surface area contributed by atoms with E-state index >= 15 is 0 Å². The summed E-state index contributed by atoms with van der Waals surface area (Å²) >= 11 is 1.91. The molecule has 2 aromatic heterocycles. The maximum absolute atomic E-state index is 12.8. The first-order valence-corrected chi connectivity index (χ1v) is 3.99. The molecule has 0 aromatic carbocycles. The van der Waals surface area contributed by atoms with Crippen LogP contribution < -0.4 is 0 Å². The Labute approximate surface area is 75.4 Å². The quantitative estimate of drug-likeness (QED) is 0.674. The molecule has 0 spiro atoms. The van der Waals surface area contributed by atoms with Gasteiger partial charge in [-0.3, -0.25) is 4.40 Å². The number of pyridine rings is 1. The van der Waals surface area contributed by atoms with E-state index in [9.17, 15) is 4.39 Å². The summed E-state index contributed by atoms with van der Waals surface area (Å²) in [6.07, 6.45) is 2.82. The molecule has 0 atom stereocenters. The first-order valence-electron chi connectivity index (χ1n) is 2.92. The fourth-order valence-electron chi connectivity index (χ4n) is 0.820. The van der Waals surface area contributed by atoms with Gasteiger partial charge in [0.25, 0.3) is 0 Å². The van der Waals surface area contributed by atoms with E-state index in [4.69, 9.17) is 0 Å². The van der Waals surface area contributed by atoms with E-state index < -0.39 is 0 Å². The Morgan fingerprint density at radius 2 is 2.36 bits per heavy atom. The molecule has 0 fully saturated rings. The smallest absolute Gasteiger partial charge is 0.161 e. The van der Waals surface area contributed by atoms with Crippen LogP contribution in [-0.4, -0.2) is 14.6 Å². The van der Waals surface area contributed by atoms with Gasteiger partial charge in [0, 0.05) is 6.20 Å². The van der Waals surface area contributed by atoms with Crippen LogP contribution in [0.2, 0.25) is 0 Å². The normalized spacial score (nSPS) is 10.7. The fourth-order valence-corrected chi connectivity index (χ4v) is 1.24. The molecule has 0 bridgehead atoms. The van der Waals surface area contributed by atoms with E-state index in [-0.39, 0.29) is 5.82 Å². The van der Waals surface area contributed by atoms with Gasteiger partial charge in [-0.2, -0.15) is 0 Å². The lowest BCUT2D eigenvalue weighted by molar-refractivity contribution is 0.611. The summed E-state index contributed by atoms with van der Waals surface area (Å²) < 4.78 is 14.9. The minimum Gasteiger partial charge on any atom is -0.286 e. The molecular formula is C6H3FIN3. The maximum atomic E-state index is 12.8. The van der Waals surface area contributed by atoms with E-state index in [0.717, 1.165) is 0 Å². The molecule has 0 saturated heterocycles. The van der Waals surface area contributed by atoms with Gasteiger partial charge in [-0.1, -0.05) is 0 Å². The summed E-state index contributed by atoms with van der Waals surface area (Å²) in [5.41, 5.74) is 0.663. The molecule has 3 nitrogen and oxygen atoms in total. The second-order valence-electron chi connectivity index (χ2n) is 2.07. The molecule has 0 saturated carbocycles. The molecule has 0 amide bonds. The number of hydrogen-bond acceptors (Lipinski definition) is 2. The second kappa shape index (κ2) is 2.40. The van der Waals surface area contributed by atoms with Gasteiger partial charge in [0.2, 0.25) is 0 Å². The van der Waals surface area contributed by atoms with Crippen molar-refractivity contribution in [2.75, 3.05) is 0 Å². The van der Waals surface area contributed by atoms with Gasteiger partial charge in [0.15, 0.2) is 11.5 Å². The lowest BCUT2D eigenvalue weighted by Crippen LogP contribution is -1.88. The van der Waals surface area contributed by atoms with Gasteiger partial charge >= 0.3 is 0 Å². The molecule has 0 aliphatic heterocycles. The lowest BCUT2D eigenvalue weighted by atomic mass is 10.5. The summed E-state index contributed by atoms with van der Waals surface area (Å²) in [5.74, 6) is -0.252. The highest BCUT2D eigenvalue weighted by Gasteiger charge is 2.01. The van der Waals surface area contributed by atoms with Gasteiger partial charge in [-0.05, 0) is 28.7 Å². The average Bonchev–Trinajstić information content (AvgIpc) is 2.36. The van der Waals surface area contributed by atoms with Crippen molar-refractivity contribution in [1.29, 1.82) is 0 Å². The summed E-state index contributed by atoms with van der Waals surface area (Å²) in [6.45, 7) is 0. The van der Waals surface area contributed by atoms with E-state index in [0.29, 0.717) is 9.22 Å². The van der Waals surface area contributed by atoms with Crippen molar-refractivity contribution in [2.24, 2.45) is 0 Å². The van der Waals surface area contributed by atoms with Crippen molar-refractivity contribution >= 4 is 28.2 Å². The number of rotatable bonds is 0. The van der Waals surface area contributed by atoms with Crippen LogP contribution in [0.15, 0.2) is 18.6 Å². The third-order valence-corrected chi connectivity index (χ3v) is 2.16. The van der Waals surface area contributed by atoms with E-state index in [1.165, 1.54) is 16.9 Å². The molecule has 0 N–H and O–H groups in total. The highest BCUT2D eigenvalue weighted by atomic mass is 127. The Morgan fingerprint density at radius 3 is 3.18 bits per heavy atom. The highest BCUT2D eigenvalue weighted by molar-refractivity contribution is 14.1. The highest BCUT2D eigenvalue weighted by Crippen LogP contribution is 2.11. The molecule has 0 unspecified atom stereocenters. The zero-order chi connectivity index (χ0) is 7.84. The summed E-state index contributed by atoms with van der Waals surface area (Å²) in [4.78, 5) is 0. The zero-order valence-electron chi connectivity index (χ0n) is 5.33. The Morgan fingerprint density at radius 1 is 1.55 bits per heavy atom. The van der Waals surface area contributed by atoms with Crippen LogP contribution in [0.3, 0.4) is 0 Å². The van der Waals surface area contributed by atoms with Gasteiger partial charge < -0.3 is 0 Å². The molecule has 5 heteroatoms. The molecule has 0 aliphatic rings. The van der Waals surface area contributed by atoms with Gasteiger partial charge in [0.05, 0.1) is 3.57 Å². The third-order valence-electron chi connectivity index (χ3n) is 1.34. The monoisotopic (exact) mass is 263 g/mol. The summed E-state index contributed by atoms with van der Waals surface area (Å²) in [7, 11) is 0. The average molecular weight is 263 g/mol. The van der Waals surface area contributed by atoms with Crippen molar-refractivity contribution in [3.8, 4) is 0 Å². The molecule has 11 heavy (non-hydrogen) atoms. The Balaban J connectivity index is 2.86. The van der Waals surface area contributed by atoms with Gasteiger partial charge in [-0.25, -0.2) is 4.39 Å². The van der Waals surface area contributed by atoms with Crippen molar-refractivity contribution < 1.29 is 4.39 Å². The number of halogens is 2. The van der Waals surface area contributed by atoms with Crippen molar-refractivity contribution in [1.82, 2.24) is 14.6 Å². The van der Waals surface area contributed by atoms with Crippen LogP contribution >= 0.6 is 22.6 Å². The number of nitrogens with zero attached hydrogens (tertiary/aromatic N) is 3. The van der Waals surface area contributed by atoms with Crippen molar-refractivity contribution in [2.45, 2.75) is 0 Å². The Kier molecular flexibility index (Phi) is 1.52. The lowest BCUT2D eigenvalue weighted by Gasteiger charge is -1.93. The first kappa shape index (κ1) is 6.96. The fraction of sp³-hybridized carbons (Fsp3) is 0. The zero-order valence-corrected chi connectivity index (χ0v) is 7.49. The molecule has 0 radical (unpaired) electrons.